The van der Waals surface area contributed by atoms with E-state index in [2.05, 4.69) is 10.3 Å². The monoisotopic (exact) mass is 262 g/mol. The highest BCUT2D eigenvalue weighted by Crippen LogP contribution is 2.22. The zero-order valence-electron chi connectivity index (χ0n) is 10.3. The first kappa shape index (κ1) is 13.1. The van der Waals surface area contributed by atoms with Gasteiger partial charge in [-0.1, -0.05) is 18.2 Å². The van der Waals surface area contributed by atoms with Crippen molar-refractivity contribution in [3.8, 4) is 0 Å². The Morgan fingerprint density at radius 1 is 1.37 bits per heavy atom. The molecule has 19 heavy (non-hydrogen) atoms. The highest BCUT2D eigenvalue weighted by molar-refractivity contribution is 5.97. The van der Waals surface area contributed by atoms with E-state index in [0.717, 1.165) is 5.39 Å². The van der Waals surface area contributed by atoms with E-state index in [-0.39, 0.29) is 12.2 Å². The summed E-state index contributed by atoms with van der Waals surface area (Å²) in [5.74, 6) is -1.63. The molecule has 0 saturated heterocycles. The molecule has 0 saturated carbocycles. The summed E-state index contributed by atoms with van der Waals surface area (Å²) in [6, 6.07) is 7.13. The number of nitrogens with one attached hydrogen (secondary N) is 2. The van der Waals surface area contributed by atoms with Crippen molar-refractivity contribution in [3.05, 3.63) is 35.5 Å². The Labute approximate surface area is 109 Å². The van der Waals surface area contributed by atoms with Gasteiger partial charge >= 0.3 is 5.97 Å². The van der Waals surface area contributed by atoms with Crippen LogP contribution in [0.4, 0.5) is 0 Å². The van der Waals surface area contributed by atoms with Gasteiger partial charge in [0.05, 0.1) is 0 Å². The number of aliphatic hydroxyl groups excluding tert-OH is 1. The van der Waals surface area contributed by atoms with Crippen LogP contribution in [-0.4, -0.2) is 33.2 Å². The molecule has 1 aromatic carbocycles. The number of hydrogen-bond acceptors (Lipinski definition) is 3. The summed E-state index contributed by atoms with van der Waals surface area (Å²) < 4.78 is 0. The lowest BCUT2D eigenvalue weighted by Crippen LogP contribution is -2.32. The van der Waals surface area contributed by atoms with Crippen molar-refractivity contribution in [1.82, 2.24) is 10.3 Å². The minimum absolute atomic E-state index is 0.0482. The zero-order chi connectivity index (χ0) is 14.0. The Hall–Kier alpha value is -2.34. The molecule has 1 aromatic heterocycles. The number of carbonyl (C=O) groups excluding carboxylic acids is 1. The van der Waals surface area contributed by atoms with Crippen LogP contribution in [0.25, 0.3) is 10.9 Å². The summed E-state index contributed by atoms with van der Waals surface area (Å²) in [5.41, 5.74) is 1.24. The topological polar surface area (TPSA) is 102 Å². The molecule has 0 radical (unpaired) electrons. The summed E-state index contributed by atoms with van der Waals surface area (Å²) in [6.45, 7) is 1.40. The number of carboxylic acids is 1. The van der Waals surface area contributed by atoms with Gasteiger partial charge in [0, 0.05) is 23.0 Å². The van der Waals surface area contributed by atoms with Gasteiger partial charge in [0.25, 0.3) is 0 Å². The Bertz CT molecular complexity index is 631. The first-order valence-corrected chi connectivity index (χ1v) is 5.79. The number of para-hydroxylation sites is 1. The van der Waals surface area contributed by atoms with Crippen LogP contribution in [0.2, 0.25) is 0 Å². The summed E-state index contributed by atoms with van der Waals surface area (Å²) in [5, 5.41) is 21.5. The fourth-order valence-electron chi connectivity index (χ4n) is 1.89. The minimum Gasteiger partial charge on any atom is -0.477 e. The molecule has 6 heteroatoms. The second-order valence-electron chi connectivity index (χ2n) is 4.22. The van der Waals surface area contributed by atoms with E-state index >= 15 is 0 Å². The van der Waals surface area contributed by atoms with Crippen LogP contribution in [0.15, 0.2) is 24.3 Å². The van der Waals surface area contributed by atoms with E-state index in [1.165, 1.54) is 6.92 Å². The van der Waals surface area contributed by atoms with Gasteiger partial charge < -0.3 is 20.5 Å². The Morgan fingerprint density at radius 2 is 2.05 bits per heavy atom. The summed E-state index contributed by atoms with van der Waals surface area (Å²) >= 11 is 0. The molecule has 2 rings (SSSR count). The molecule has 0 spiro atoms. The van der Waals surface area contributed by atoms with Gasteiger partial charge in [-0.05, 0) is 13.0 Å². The van der Waals surface area contributed by atoms with Crippen LogP contribution in [0, 0.1) is 0 Å². The van der Waals surface area contributed by atoms with Gasteiger partial charge in [-0.25, -0.2) is 4.79 Å². The second kappa shape index (κ2) is 5.11. The molecule has 0 unspecified atom stereocenters. The van der Waals surface area contributed by atoms with Gasteiger partial charge in [0.15, 0.2) is 0 Å². The third kappa shape index (κ3) is 2.58. The smallest absolute Gasteiger partial charge is 0.352 e. The van der Waals surface area contributed by atoms with Crippen LogP contribution in [-0.2, 0) is 11.3 Å². The Balaban J connectivity index is 2.37. The van der Waals surface area contributed by atoms with Crippen molar-refractivity contribution < 1.29 is 19.8 Å². The number of amides is 1. The SMILES string of the molecule is C[C@H](O)C(=O)NCc1c(C(=O)O)[nH]c2ccccc12. The number of fused-ring (bicyclic) bond motifs is 1. The number of carboxylic acid groups (broad SMARTS) is 1. The predicted molar refractivity (Wildman–Crippen MR) is 68.8 cm³/mol. The predicted octanol–water partition coefficient (Wildman–Crippen LogP) is 0.863. The standard InChI is InChI=1S/C13H14N2O4/c1-7(16)12(17)14-6-9-8-4-2-3-5-10(8)15-11(9)13(18)19/h2-5,7,15-16H,6H2,1H3,(H,14,17)(H,18,19)/t7-/m0/s1. The van der Waals surface area contributed by atoms with Crippen molar-refractivity contribution in [2.24, 2.45) is 0 Å². The van der Waals surface area contributed by atoms with Crippen LogP contribution in [0.1, 0.15) is 23.0 Å². The molecular weight excluding hydrogens is 248 g/mol. The van der Waals surface area contributed by atoms with Crippen molar-refractivity contribution in [1.29, 1.82) is 0 Å². The van der Waals surface area contributed by atoms with Crippen LogP contribution in [0.5, 0.6) is 0 Å². The van der Waals surface area contributed by atoms with Crippen molar-refractivity contribution in [2.75, 3.05) is 0 Å². The van der Waals surface area contributed by atoms with E-state index in [1.807, 2.05) is 0 Å². The maximum Gasteiger partial charge on any atom is 0.352 e. The van der Waals surface area contributed by atoms with E-state index in [0.29, 0.717) is 11.1 Å². The molecule has 1 amide bonds. The average molecular weight is 262 g/mol. The summed E-state index contributed by atoms with van der Waals surface area (Å²) in [6.07, 6.45) is -1.13. The largest absolute Gasteiger partial charge is 0.477 e. The normalized spacial score (nSPS) is 12.3. The molecule has 6 nitrogen and oxygen atoms in total. The number of aliphatic hydroxyl groups is 1. The van der Waals surface area contributed by atoms with E-state index < -0.39 is 18.0 Å². The first-order valence-electron chi connectivity index (χ1n) is 5.79. The van der Waals surface area contributed by atoms with Crippen molar-refractivity contribution in [2.45, 2.75) is 19.6 Å². The molecule has 1 heterocycles. The van der Waals surface area contributed by atoms with Gasteiger partial charge in [-0.2, -0.15) is 0 Å². The molecule has 0 fully saturated rings. The highest BCUT2D eigenvalue weighted by atomic mass is 16.4. The molecule has 2 aromatic rings. The molecule has 4 N–H and O–H groups in total. The van der Waals surface area contributed by atoms with E-state index in [1.54, 1.807) is 24.3 Å². The van der Waals surface area contributed by atoms with Crippen LogP contribution in [0.3, 0.4) is 0 Å². The average Bonchev–Trinajstić information content (AvgIpc) is 2.74. The van der Waals surface area contributed by atoms with Crippen molar-refractivity contribution in [3.63, 3.8) is 0 Å². The summed E-state index contributed by atoms with van der Waals surface area (Å²) in [4.78, 5) is 25.3. The highest BCUT2D eigenvalue weighted by Gasteiger charge is 2.18. The third-order valence-corrected chi connectivity index (χ3v) is 2.85. The lowest BCUT2D eigenvalue weighted by molar-refractivity contribution is -0.128. The zero-order valence-corrected chi connectivity index (χ0v) is 10.3. The van der Waals surface area contributed by atoms with Gasteiger partial charge in [0.2, 0.25) is 5.91 Å². The van der Waals surface area contributed by atoms with Crippen LogP contribution < -0.4 is 5.32 Å². The van der Waals surface area contributed by atoms with Gasteiger partial charge in [-0.15, -0.1) is 0 Å². The quantitative estimate of drug-likeness (QED) is 0.656. The molecule has 0 aliphatic heterocycles. The number of carbonyl (C=O) groups is 2. The number of aromatic nitrogens is 1. The van der Waals surface area contributed by atoms with Crippen LogP contribution >= 0.6 is 0 Å². The maximum absolute atomic E-state index is 11.3. The molecule has 0 bridgehead atoms. The number of aromatic amines is 1. The molecule has 1 atom stereocenters. The number of hydrogen-bond donors (Lipinski definition) is 4. The molecular formula is C13H14N2O4. The third-order valence-electron chi connectivity index (χ3n) is 2.85. The fraction of sp³-hybridized carbons (Fsp3) is 0.231. The lowest BCUT2D eigenvalue weighted by Gasteiger charge is -2.07. The van der Waals surface area contributed by atoms with E-state index in [4.69, 9.17) is 10.2 Å². The number of rotatable bonds is 4. The summed E-state index contributed by atoms with van der Waals surface area (Å²) in [7, 11) is 0. The Morgan fingerprint density at radius 3 is 2.68 bits per heavy atom. The lowest BCUT2D eigenvalue weighted by atomic mass is 10.1. The molecule has 0 aliphatic rings. The van der Waals surface area contributed by atoms with Gasteiger partial charge in [0.1, 0.15) is 11.8 Å². The number of H-pyrrole nitrogens is 1. The Kier molecular flexibility index (Phi) is 3.52. The molecule has 100 valence electrons. The molecule has 0 aliphatic carbocycles. The first-order chi connectivity index (χ1) is 9.00. The minimum atomic E-state index is -1.13. The fourth-order valence-corrected chi connectivity index (χ4v) is 1.89. The maximum atomic E-state index is 11.3. The van der Waals surface area contributed by atoms with Crippen molar-refractivity contribution >= 4 is 22.8 Å². The number of aromatic carboxylic acids is 1. The number of benzene rings is 1. The second-order valence-corrected chi connectivity index (χ2v) is 4.22. The van der Waals surface area contributed by atoms with Gasteiger partial charge in [-0.3, -0.25) is 4.79 Å². The van der Waals surface area contributed by atoms with E-state index in [9.17, 15) is 9.59 Å².